The second-order valence-corrected chi connectivity index (χ2v) is 8.53. The fourth-order valence-corrected chi connectivity index (χ4v) is 4.79. The van der Waals surface area contributed by atoms with Crippen molar-refractivity contribution in [2.24, 2.45) is 0 Å². The molecule has 0 aliphatic rings. The lowest BCUT2D eigenvalue weighted by molar-refractivity contribution is -0.122. The van der Waals surface area contributed by atoms with Crippen molar-refractivity contribution in [2.75, 3.05) is 17.6 Å². The van der Waals surface area contributed by atoms with Gasteiger partial charge in [0, 0.05) is 10.9 Å². The van der Waals surface area contributed by atoms with Gasteiger partial charge in [0.25, 0.3) is 0 Å². The Balaban J connectivity index is 1.37. The van der Waals surface area contributed by atoms with Crippen molar-refractivity contribution in [1.82, 2.24) is 15.3 Å². The minimum absolute atomic E-state index is 0.0248. The summed E-state index contributed by atoms with van der Waals surface area (Å²) < 4.78 is 39.9. The number of nitrogens with zero attached hydrogens (tertiary/aromatic N) is 2. The number of benzene rings is 2. The summed E-state index contributed by atoms with van der Waals surface area (Å²) in [6, 6.07) is 11.3. The zero-order chi connectivity index (χ0) is 23.4. The van der Waals surface area contributed by atoms with E-state index < -0.39 is 41.5 Å². The van der Waals surface area contributed by atoms with E-state index in [1.165, 1.54) is 29.4 Å². The van der Waals surface area contributed by atoms with E-state index in [1.54, 1.807) is 0 Å². The maximum atomic E-state index is 13.7. The number of fused-ring (bicyclic) bond motifs is 1. The van der Waals surface area contributed by atoms with Gasteiger partial charge in [-0.1, -0.05) is 42.1 Å². The van der Waals surface area contributed by atoms with E-state index in [-0.39, 0.29) is 5.75 Å². The largest absolute Gasteiger partial charge is 0.346 e. The van der Waals surface area contributed by atoms with E-state index in [4.69, 9.17) is 0 Å². The number of aromatic nitrogens is 2. The fourth-order valence-electron chi connectivity index (χ4n) is 2.97. The summed E-state index contributed by atoms with van der Waals surface area (Å²) in [5.41, 5.74) is 1.45. The number of carbonyl (C=O) groups excluding carboxylic acids is 2. The Labute approximate surface area is 194 Å². The number of hydrogen-bond acceptors (Lipinski definition) is 6. The number of amides is 2. The summed E-state index contributed by atoms with van der Waals surface area (Å²) in [4.78, 5) is 33.6. The van der Waals surface area contributed by atoms with E-state index in [0.29, 0.717) is 11.1 Å². The molecule has 4 rings (SSSR count). The van der Waals surface area contributed by atoms with Gasteiger partial charge in [0.05, 0.1) is 23.4 Å². The van der Waals surface area contributed by atoms with Crippen LogP contribution >= 0.6 is 23.1 Å². The topological polar surface area (TPSA) is 84.0 Å². The quantitative estimate of drug-likeness (QED) is 0.225. The molecule has 2 N–H and O–H groups in total. The molecular weight excluding hydrogens is 473 g/mol. The monoisotopic (exact) mass is 488 g/mol. The first kappa shape index (κ1) is 22.7. The van der Waals surface area contributed by atoms with Crippen LogP contribution in [0.25, 0.3) is 21.3 Å². The van der Waals surface area contributed by atoms with Gasteiger partial charge in [-0.2, -0.15) is 0 Å². The first-order valence-corrected chi connectivity index (χ1v) is 11.4. The Bertz CT molecular complexity index is 1330. The molecule has 0 bridgehead atoms. The normalized spacial score (nSPS) is 10.9. The Morgan fingerprint density at radius 2 is 1.76 bits per heavy atom. The smallest absolute Gasteiger partial charge is 0.243 e. The highest BCUT2D eigenvalue weighted by Crippen LogP contribution is 2.37. The van der Waals surface area contributed by atoms with E-state index in [1.807, 2.05) is 35.7 Å². The zero-order valence-electron chi connectivity index (χ0n) is 16.8. The number of carbonyl (C=O) groups is 2. The van der Waals surface area contributed by atoms with Crippen LogP contribution in [0.2, 0.25) is 0 Å². The van der Waals surface area contributed by atoms with Crippen molar-refractivity contribution in [2.45, 2.75) is 5.03 Å². The van der Waals surface area contributed by atoms with E-state index in [0.717, 1.165) is 27.4 Å². The van der Waals surface area contributed by atoms with Gasteiger partial charge in [-0.3, -0.25) is 9.59 Å². The van der Waals surface area contributed by atoms with Gasteiger partial charge in [-0.15, -0.1) is 11.3 Å². The first-order chi connectivity index (χ1) is 15.9. The number of hydrogen-bond donors (Lipinski definition) is 2. The number of thioether (sulfide) groups is 1. The lowest BCUT2D eigenvalue weighted by Gasteiger charge is -2.09. The molecular formula is C22H15F3N4O2S2. The van der Waals surface area contributed by atoms with Crippen LogP contribution in [0, 0.1) is 17.5 Å². The molecule has 0 aliphatic carbocycles. The van der Waals surface area contributed by atoms with Crippen molar-refractivity contribution in [3.63, 3.8) is 0 Å². The number of nitrogens with one attached hydrogen (secondary N) is 2. The van der Waals surface area contributed by atoms with Crippen molar-refractivity contribution in [3.8, 4) is 11.1 Å². The molecule has 0 unspecified atom stereocenters. The minimum Gasteiger partial charge on any atom is -0.346 e. The Morgan fingerprint density at radius 3 is 2.55 bits per heavy atom. The van der Waals surface area contributed by atoms with Gasteiger partial charge in [0.1, 0.15) is 16.2 Å². The lowest BCUT2D eigenvalue weighted by Crippen LogP contribution is -2.34. The van der Waals surface area contributed by atoms with Crippen molar-refractivity contribution in [1.29, 1.82) is 0 Å². The van der Waals surface area contributed by atoms with Crippen molar-refractivity contribution < 1.29 is 22.8 Å². The zero-order valence-corrected chi connectivity index (χ0v) is 18.4. The van der Waals surface area contributed by atoms with Crippen LogP contribution < -0.4 is 10.6 Å². The molecule has 2 heterocycles. The van der Waals surface area contributed by atoms with Crippen molar-refractivity contribution >= 4 is 50.8 Å². The lowest BCUT2D eigenvalue weighted by atomic mass is 10.1. The number of anilines is 1. The number of rotatable bonds is 7. The molecule has 2 aromatic carbocycles. The Morgan fingerprint density at radius 1 is 0.970 bits per heavy atom. The third kappa shape index (κ3) is 5.15. The third-order valence-electron chi connectivity index (χ3n) is 4.52. The molecule has 4 aromatic rings. The van der Waals surface area contributed by atoms with Crippen molar-refractivity contribution in [3.05, 3.63) is 71.6 Å². The molecule has 6 nitrogen and oxygen atoms in total. The maximum Gasteiger partial charge on any atom is 0.243 e. The molecule has 0 atom stereocenters. The van der Waals surface area contributed by atoms with Gasteiger partial charge in [0.2, 0.25) is 11.8 Å². The second-order valence-electron chi connectivity index (χ2n) is 6.71. The van der Waals surface area contributed by atoms with Crippen LogP contribution in [-0.2, 0) is 9.59 Å². The average Bonchev–Trinajstić information content (AvgIpc) is 3.27. The van der Waals surface area contributed by atoms with Gasteiger partial charge in [-0.05, 0) is 17.7 Å². The van der Waals surface area contributed by atoms with Gasteiger partial charge in [0.15, 0.2) is 17.5 Å². The second kappa shape index (κ2) is 10.0. The standard InChI is InChI=1S/C22H15F3N4O2S2/c23-14-6-7-15(20(25)19(14)24)29-16(30)8-26-17(31)10-33-22-18-13(12-4-2-1-3-5-12)9-32-21(18)27-11-28-22/h1-7,9,11H,8,10H2,(H,26,31)(H,29,30). The molecule has 0 fully saturated rings. The molecule has 2 aromatic heterocycles. The van der Waals surface area contributed by atoms with Gasteiger partial charge < -0.3 is 10.6 Å². The summed E-state index contributed by atoms with van der Waals surface area (Å²) in [7, 11) is 0. The van der Waals surface area contributed by atoms with E-state index in [2.05, 4.69) is 20.6 Å². The summed E-state index contributed by atoms with van der Waals surface area (Å²) in [5.74, 6) is -5.83. The summed E-state index contributed by atoms with van der Waals surface area (Å²) in [5, 5.41) is 7.96. The summed E-state index contributed by atoms with van der Waals surface area (Å²) in [6.07, 6.45) is 1.43. The molecule has 0 radical (unpaired) electrons. The molecule has 2 amide bonds. The van der Waals surface area contributed by atoms with E-state index in [9.17, 15) is 22.8 Å². The van der Waals surface area contributed by atoms with Crippen LogP contribution in [-0.4, -0.2) is 34.1 Å². The highest BCUT2D eigenvalue weighted by Gasteiger charge is 2.17. The molecule has 11 heteroatoms. The third-order valence-corrected chi connectivity index (χ3v) is 6.39. The molecule has 33 heavy (non-hydrogen) atoms. The minimum atomic E-state index is -1.69. The van der Waals surface area contributed by atoms with Crippen LogP contribution in [0.1, 0.15) is 0 Å². The highest BCUT2D eigenvalue weighted by molar-refractivity contribution is 8.00. The van der Waals surface area contributed by atoms with Gasteiger partial charge in [-0.25, -0.2) is 23.1 Å². The summed E-state index contributed by atoms with van der Waals surface area (Å²) in [6.45, 7) is -0.468. The predicted octanol–water partition coefficient (Wildman–Crippen LogP) is 4.62. The first-order valence-electron chi connectivity index (χ1n) is 9.54. The number of thiophene rings is 1. The maximum absolute atomic E-state index is 13.7. The Hall–Kier alpha value is -3.44. The molecule has 0 spiro atoms. The SMILES string of the molecule is O=C(CSc1ncnc2scc(-c3ccccc3)c12)NCC(=O)Nc1ccc(F)c(F)c1F. The van der Waals surface area contributed by atoms with Crippen LogP contribution in [0.4, 0.5) is 18.9 Å². The highest BCUT2D eigenvalue weighted by atomic mass is 32.2. The van der Waals surface area contributed by atoms with Crippen LogP contribution in [0.3, 0.4) is 0 Å². The predicted molar refractivity (Wildman–Crippen MR) is 122 cm³/mol. The van der Waals surface area contributed by atoms with Crippen LogP contribution in [0.15, 0.2) is 59.2 Å². The fraction of sp³-hybridized carbons (Fsp3) is 0.0909. The van der Waals surface area contributed by atoms with Gasteiger partial charge >= 0.3 is 0 Å². The summed E-state index contributed by atoms with van der Waals surface area (Å²) >= 11 is 2.67. The average molecular weight is 489 g/mol. The Kier molecular flexibility index (Phi) is 6.90. The molecule has 168 valence electrons. The number of halogens is 3. The molecule has 0 aliphatic heterocycles. The van der Waals surface area contributed by atoms with E-state index >= 15 is 0 Å². The molecule has 0 saturated heterocycles. The molecule has 0 saturated carbocycles. The van der Waals surface area contributed by atoms with Crippen LogP contribution in [0.5, 0.6) is 0 Å².